The van der Waals surface area contributed by atoms with E-state index in [1.54, 1.807) is 0 Å². The van der Waals surface area contributed by atoms with Gasteiger partial charge in [0, 0.05) is 0 Å². The largest absolute Gasteiger partial charge is 0.394 e. The van der Waals surface area contributed by atoms with Crippen LogP contribution in [0.5, 0.6) is 0 Å². The van der Waals surface area contributed by atoms with Gasteiger partial charge in [-0.3, -0.25) is 10.1 Å². The maximum atomic E-state index is 12.3. The number of rotatable bonds is 6. The van der Waals surface area contributed by atoms with E-state index in [0.29, 0.717) is 0 Å². The molecule has 1 aliphatic carbocycles. The molecule has 1 aliphatic rings. The lowest BCUT2D eigenvalue weighted by Gasteiger charge is -2.30. The number of carbonyl (C=O) groups excluding carboxylic acids is 1. The van der Waals surface area contributed by atoms with Crippen molar-refractivity contribution >= 4 is 5.91 Å². The summed E-state index contributed by atoms with van der Waals surface area (Å²) in [5.41, 5.74) is 2.92. The fraction of sp³-hybridized carbons (Fsp3) is 0.350. The maximum absolute atomic E-state index is 12.3. The first kappa shape index (κ1) is 16.7. The summed E-state index contributed by atoms with van der Waals surface area (Å²) in [6.45, 7) is 2.15. The highest BCUT2D eigenvalue weighted by molar-refractivity contribution is 5.78. The van der Waals surface area contributed by atoms with E-state index in [-0.39, 0.29) is 25.1 Å². The Morgan fingerprint density at radius 2 is 1.88 bits per heavy atom. The summed E-state index contributed by atoms with van der Waals surface area (Å²) in [7, 11) is 0. The molecule has 0 radical (unpaired) electrons. The molecular formula is C20H24N2O2. The Kier molecular flexibility index (Phi) is 4.97. The lowest BCUT2D eigenvalue weighted by atomic mass is 9.92. The first-order valence-corrected chi connectivity index (χ1v) is 8.43. The maximum Gasteiger partial charge on any atom is 0.234 e. The molecule has 0 spiro atoms. The summed E-state index contributed by atoms with van der Waals surface area (Å²) in [6.07, 6.45) is 1.73. The molecule has 3 rings (SSSR count). The fourth-order valence-electron chi connectivity index (χ4n) is 3.46. The van der Waals surface area contributed by atoms with Crippen LogP contribution in [0.25, 0.3) is 0 Å². The number of benzene rings is 2. The van der Waals surface area contributed by atoms with Gasteiger partial charge in [0.25, 0.3) is 0 Å². The molecule has 0 heterocycles. The van der Waals surface area contributed by atoms with Crippen LogP contribution in [0.1, 0.15) is 36.1 Å². The van der Waals surface area contributed by atoms with Crippen molar-refractivity contribution < 1.29 is 9.90 Å². The Morgan fingerprint density at radius 1 is 1.17 bits per heavy atom. The van der Waals surface area contributed by atoms with Gasteiger partial charge in [0.05, 0.1) is 24.7 Å². The van der Waals surface area contributed by atoms with Gasteiger partial charge in [-0.2, -0.15) is 0 Å². The van der Waals surface area contributed by atoms with E-state index in [1.165, 1.54) is 5.56 Å². The molecule has 4 nitrogen and oxygen atoms in total. The van der Waals surface area contributed by atoms with Crippen molar-refractivity contribution in [1.82, 2.24) is 10.6 Å². The topological polar surface area (TPSA) is 61.4 Å². The molecule has 0 bridgehead atoms. The summed E-state index contributed by atoms with van der Waals surface area (Å²) in [5.74, 6) is -0.0661. The third-order valence-electron chi connectivity index (χ3n) is 4.89. The number of aryl methyl sites for hydroxylation is 1. The second-order valence-electron chi connectivity index (χ2n) is 6.45. The number of hydrogen-bond donors (Lipinski definition) is 3. The van der Waals surface area contributed by atoms with Crippen LogP contribution in [-0.2, 0) is 16.8 Å². The number of hydrogen-bond acceptors (Lipinski definition) is 3. The molecule has 0 fully saturated rings. The van der Waals surface area contributed by atoms with Crippen LogP contribution in [0, 0.1) is 0 Å². The first-order chi connectivity index (χ1) is 11.6. The van der Waals surface area contributed by atoms with E-state index in [9.17, 15) is 9.90 Å². The van der Waals surface area contributed by atoms with E-state index in [1.807, 2.05) is 55.5 Å². The van der Waals surface area contributed by atoms with Crippen molar-refractivity contribution in [3.8, 4) is 0 Å². The molecular weight excluding hydrogens is 300 g/mol. The summed E-state index contributed by atoms with van der Waals surface area (Å²) in [5, 5.41) is 16.2. The quantitative estimate of drug-likeness (QED) is 0.764. The summed E-state index contributed by atoms with van der Waals surface area (Å²) in [6, 6.07) is 18.0. The number of fused-ring (bicyclic) bond motifs is 1. The van der Waals surface area contributed by atoms with Crippen LogP contribution in [-0.4, -0.2) is 24.2 Å². The SMILES string of the molecule is CC(NC(=O)CNC1(CO)CCc2ccccc21)c1ccccc1. The Balaban J connectivity index is 1.62. The normalized spacial score (nSPS) is 20.4. The molecule has 2 atom stereocenters. The van der Waals surface area contributed by atoms with E-state index in [2.05, 4.69) is 16.7 Å². The molecule has 126 valence electrons. The van der Waals surface area contributed by atoms with Gasteiger partial charge in [-0.15, -0.1) is 0 Å². The van der Waals surface area contributed by atoms with Crippen molar-refractivity contribution in [3.63, 3.8) is 0 Å². The molecule has 0 saturated carbocycles. The Morgan fingerprint density at radius 3 is 2.62 bits per heavy atom. The second kappa shape index (κ2) is 7.16. The Hall–Kier alpha value is -2.17. The van der Waals surface area contributed by atoms with Gasteiger partial charge in [-0.1, -0.05) is 54.6 Å². The van der Waals surface area contributed by atoms with Gasteiger partial charge in [0.2, 0.25) is 5.91 Å². The molecule has 2 unspecified atom stereocenters. The van der Waals surface area contributed by atoms with E-state index in [0.717, 1.165) is 24.0 Å². The van der Waals surface area contributed by atoms with Crippen LogP contribution in [0.3, 0.4) is 0 Å². The Labute approximate surface area is 142 Å². The molecule has 2 aromatic carbocycles. The number of aliphatic hydroxyl groups excluding tert-OH is 1. The second-order valence-corrected chi connectivity index (χ2v) is 6.45. The monoisotopic (exact) mass is 324 g/mol. The molecule has 3 N–H and O–H groups in total. The third kappa shape index (κ3) is 3.35. The highest BCUT2D eigenvalue weighted by Gasteiger charge is 2.37. The van der Waals surface area contributed by atoms with Gasteiger partial charge in [-0.25, -0.2) is 0 Å². The van der Waals surface area contributed by atoms with E-state index < -0.39 is 5.54 Å². The average molecular weight is 324 g/mol. The van der Waals surface area contributed by atoms with Gasteiger partial charge in [0.15, 0.2) is 0 Å². The number of carbonyl (C=O) groups is 1. The summed E-state index contributed by atoms with van der Waals surface area (Å²) >= 11 is 0. The van der Waals surface area contributed by atoms with Crippen LogP contribution < -0.4 is 10.6 Å². The molecule has 4 heteroatoms. The van der Waals surface area contributed by atoms with Gasteiger partial charge < -0.3 is 10.4 Å². The van der Waals surface area contributed by atoms with Crippen LogP contribution in [0.4, 0.5) is 0 Å². The van der Waals surface area contributed by atoms with Crippen LogP contribution >= 0.6 is 0 Å². The number of nitrogens with one attached hydrogen (secondary N) is 2. The predicted molar refractivity (Wildman–Crippen MR) is 94.5 cm³/mol. The summed E-state index contributed by atoms with van der Waals surface area (Å²) in [4.78, 5) is 12.3. The van der Waals surface area contributed by atoms with Crippen molar-refractivity contribution in [3.05, 3.63) is 71.3 Å². The third-order valence-corrected chi connectivity index (χ3v) is 4.89. The minimum atomic E-state index is -0.510. The van der Waals surface area contributed by atoms with Gasteiger partial charge in [0.1, 0.15) is 0 Å². The summed E-state index contributed by atoms with van der Waals surface area (Å²) < 4.78 is 0. The standard InChI is InChI=1S/C20H24N2O2/c1-15(16-7-3-2-4-8-16)22-19(24)13-21-20(14-23)12-11-17-9-5-6-10-18(17)20/h2-10,15,21,23H,11-14H2,1H3,(H,22,24). The molecule has 0 aliphatic heterocycles. The van der Waals surface area contributed by atoms with Crippen molar-refractivity contribution in [2.24, 2.45) is 0 Å². The fourth-order valence-corrected chi connectivity index (χ4v) is 3.46. The minimum Gasteiger partial charge on any atom is -0.394 e. The highest BCUT2D eigenvalue weighted by Crippen LogP contribution is 2.36. The average Bonchev–Trinajstić information content (AvgIpc) is 3.00. The smallest absolute Gasteiger partial charge is 0.234 e. The molecule has 24 heavy (non-hydrogen) atoms. The number of aliphatic hydroxyl groups is 1. The molecule has 1 amide bonds. The Bertz CT molecular complexity index is 702. The van der Waals surface area contributed by atoms with Crippen LogP contribution in [0.15, 0.2) is 54.6 Å². The minimum absolute atomic E-state index is 0.00840. The first-order valence-electron chi connectivity index (χ1n) is 8.43. The highest BCUT2D eigenvalue weighted by atomic mass is 16.3. The zero-order valence-electron chi connectivity index (χ0n) is 14.0. The molecule has 2 aromatic rings. The van der Waals surface area contributed by atoms with E-state index >= 15 is 0 Å². The van der Waals surface area contributed by atoms with Crippen molar-refractivity contribution in [2.75, 3.05) is 13.2 Å². The van der Waals surface area contributed by atoms with Crippen LogP contribution in [0.2, 0.25) is 0 Å². The molecule has 0 saturated heterocycles. The lowest BCUT2D eigenvalue weighted by molar-refractivity contribution is -0.121. The molecule has 0 aromatic heterocycles. The van der Waals surface area contributed by atoms with Gasteiger partial charge in [-0.05, 0) is 36.5 Å². The number of amides is 1. The van der Waals surface area contributed by atoms with E-state index in [4.69, 9.17) is 0 Å². The lowest BCUT2D eigenvalue weighted by Crippen LogP contribution is -2.48. The predicted octanol–water partition coefficient (Wildman–Crippen LogP) is 2.29. The zero-order valence-corrected chi connectivity index (χ0v) is 14.0. The zero-order chi connectivity index (χ0) is 17.0. The van der Waals surface area contributed by atoms with Crippen molar-refractivity contribution in [1.29, 1.82) is 0 Å². The van der Waals surface area contributed by atoms with Gasteiger partial charge >= 0.3 is 0 Å². The van der Waals surface area contributed by atoms with Crippen molar-refractivity contribution in [2.45, 2.75) is 31.3 Å².